The fourth-order valence-electron chi connectivity index (χ4n) is 2.94. The predicted molar refractivity (Wildman–Crippen MR) is 110 cm³/mol. The molecule has 0 rings (SSSR count). The topological polar surface area (TPSA) is 125 Å². The summed E-state index contributed by atoms with van der Waals surface area (Å²) >= 11 is 0. The van der Waals surface area contributed by atoms with Crippen molar-refractivity contribution in [3.63, 3.8) is 0 Å². The lowest BCUT2D eigenvalue weighted by Crippen LogP contribution is -2.52. The number of hydrogen-bond donors (Lipinski definition) is 4. The van der Waals surface area contributed by atoms with Gasteiger partial charge in [0, 0.05) is 6.92 Å². The number of nitrogens with one attached hydrogen (secondary N) is 2. The smallest absolute Gasteiger partial charge is 0.302 e. The van der Waals surface area contributed by atoms with Crippen LogP contribution in [0.2, 0.25) is 0 Å². The van der Waals surface area contributed by atoms with E-state index in [2.05, 4.69) is 19.2 Å². The minimum atomic E-state index is -1.66. The van der Waals surface area contributed by atoms with Crippen molar-refractivity contribution >= 4 is 17.8 Å². The Hall–Kier alpha value is -1.67. The molecular formula is C21H40N2O6. The van der Waals surface area contributed by atoms with Crippen LogP contribution >= 0.6 is 0 Å². The quantitative estimate of drug-likeness (QED) is 0.158. The molecule has 8 heteroatoms. The van der Waals surface area contributed by atoms with Crippen LogP contribution in [0.25, 0.3) is 0 Å². The Balaban J connectivity index is 5.01. The third kappa shape index (κ3) is 11.8. The normalized spacial score (nSPS) is 14.8. The molecule has 0 radical (unpaired) electrons. The lowest BCUT2D eigenvalue weighted by Gasteiger charge is -2.33. The Morgan fingerprint density at radius 1 is 0.966 bits per heavy atom. The minimum absolute atomic E-state index is 0.00517. The van der Waals surface area contributed by atoms with Crippen molar-refractivity contribution in [2.45, 2.75) is 92.2 Å². The first-order chi connectivity index (χ1) is 13.4. The number of hydrogen-bond acceptors (Lipinski definition) is 6. The zero-order chi connectivity index (χ0) is 22.6. The van der Waals surface area contributed by atoms with Crippen molar-refractivity contribution in [1.82, 2.24) is 10.8 Å². The second-order valence-corrected chi connectivity index (χ2v) is 9.14. The largest absolute Gasteiger partial charge is 0.464 e. The first kappa shape index (κ1) is 27.3. The van der Waals surface area contributed by atoms with E-state index in [1.54, 1.807) is 0 Å². The van der Waals surface area contributed by atoms with E-state index in [0.717, 1.165) is 25.7 Å². The van der Waals surface area contributed by atoms with Crippen molar-refractivity contribution in [3.8, 4) is 0 Å². The molecule has 0 aliphatic carbocycles. The van der Waals surface area contributed by atoms with E-state index in [4.69, 9.17) is 9.94 Å². The maximum absolute atomic E-state index is 12.8. The molecule has 0 aromatic carbocycles. The number of hydroxylamine groups is 1. The number of unbranched alkanes of at least 4 members (excludes halogenated alkanes) is 3. The molecule has 0 fully saturated rings. The van der Waals surface area contributed by atoms with Crippen LogP contribution in [0, 0.1) is 17.3 Å². The van der Waals surface area contributed by atoms with Crippen LogP contribution < -0.4 is 10.8 Å². The molecule has 8 nitrogen and oxygen atoms in total. The van der Waals surface area contributed by atoms with Crippen LogP contribution in [0.5, 0.6) is 0 Å². The Kier molecular flexibility index (Phi) is 12.8. The van der Waals surface area contributed by atoms with E-state index in [9.17, 15) is 19.5 Å². The van der Waals surface area contributed by atoms with E-state index in [1.807, 2.05) is 20.8 Å². The Morgan fingerprint density at radius 2 is 1.52 bits per heavy atom. The molecule has 4 N–H and O–H groups in total. The van der Waals surface area contributed by atoms with Crippen molar-refractivity contribution in [1.29, 1.82) is 0 Å². The summed E-state index contributed by atoms with van der Waals surface area (Å²) in [7, 11) is 0. The second kappa shape index (κ2) is 13.5. The van der Waals surface area contributed by atoms with Crippen LogP contribution in [0.1, 0.15) is 80.1 Å². The maximum Gasteiger partial charge on any atom is 0.302 e. The lowest BCUT2D eigenvalue weighted by molar-refractivity contribution is -0.148. The van der Waals surface area contributed by atoms with Crippen LogP contribution in [-0.4, -0.2) is 46.9 Å². The van der Waals surface area contributed by atoms with E-state index in [1.165, 1.54) is 12.4 Å². The third-order valence-electron chi connectivity index (χ3n) is 4.96. The highest BCUT2D eigenvalue weighted by Gasteiger charge is 2.35. The van der Waals surface area contributed by atoms with Gasteiger partial charge in [-0.3, -0.25) is 19.6 Å². The number of carbonyl (C=O) groups excluding carboxylic acids is 3. The molecule has 0 aromatic heterocycles. The fourth-order valence-corrected chi connectivity index (χ4v) is 2.94. The van der Waals surface area contributed by atoms with Crippen LogP contribution in [0.4, 0.5) is 0 Å². The molecule has 0 bridgehead atoms. The van der Waals surface area contributed by atoms with Crippen LogP contribution in [0.3, 0.4) is 0 Å². The van der Waals surface area contributed by atoms with Gasteiger partial charge in [-0.1, -0.05) is 66.7 Å². The van der Waals surface area contributed by atoms with Gasteiger partial charge in [-0.2, -0.15) is 0 Å². The molecule has 0 saturated heterocycles. The van der Waals surface area contributed by atoms with Crippen molar-refractivity contribution in [2.24, 2.45) is 17.3 Å². The number of carbonyl (C=O) groups is 3. The first-order valence-corrected chi connectivity index (χ1v) is 10.5. The average molecular weight is 417 g/mol. The van der Waals surface area contributed by atoms with E-state index < -0.39 is 41.3 Å². The minimum Gasteiger partial charge on any atom is -0.464 e. The molecule has 3 atom stereocenters. The molecule has 0 aromatic rings. The molecule has 0 heterocycles. The second-order valence-electron chi connectivity index (χ2n) is 9.14. The highest BCUT2D eigenvalue weighted by Crippen LogP contribution is 2.22. The molecule has 0 saturated carbocycles. The van der Waals surface area contributed by atoms with Gasteiger partial charge >= 0.3 is 5.97 Å². The monoisotopic (exact) mass is 416 g/mol. The van der Waals surface area contributed by atoms with Crippen molar-refractivity contribution < 1.29 is 29.4 Å². The van der Waals surface area contributed by atoms with E-state index in [-0.39, 0.29) is 6.61 Å². The molecule has 29 heavy (non-hydrogen) atoms. The fraction of sp³-hybridized carbons (Fsp3) is 0.857. The first-order valence-electron chi connectivity index (χ1n) is 10.5. The summed E-state index contributed by atoms with van der Waals surface area (Å²) < 4.78 is 5.05. The van der Waals surface area contributed by atoms with Gasteiger partial charge in [0.15, 0.2) is 0 Å². The van der Waals surface area contributed by atoms with Gasteiger partial charge in [0.05, 0.1) is 12.0 Å². The Labute approximate surface area is 174 Å². The van der Waals surface area contributed by atoms with Crippen molar-refractivity contribution in [2.75, 3.05) is 6.61 Å². The summed E-state index contributed by atoms with van der Waals surface area (Å²) in [6.45, 7) is 11.3. The molecule has 0 aliphatic rings. The van der Waals surface area contributed by atoms with Gasteiger partial charge < -0.3 is 15.2 Å². The summed E-state index contributed by atoms with van der Waals surface area (Å²) in [6.07, 6.45) is 3.48. The van der Waals surface area contributed by atoms with Gasteiger partial charge in [0.2, 0.25) is 5.91 Å². The number of ether oxygens (including phenoxy) is 1. The predicted octanol–water partition coefficient (Wildman–Crippen LogP) is 2.56. The van der Waals surface area contributed by atoms with Gasteiger partial charge in [-0.25, -0.2) is 5.48 Å². The zero-order valence-electron chi connectivity index (χ0n) is 18.8. The molecule has 0 spiro atoms. The van der Waals surface area contributed by atoms with E-state index >= 15 is 0 Å². The highest BCUT2D eigenvalue weighted by molar-refractivity contribution is 5.88. The summed E-state index contributed by atoms with van der Waals surface area (Å²) in [4.78, 5) is 35.7. The van der Waals surface area contributed by atoms with E-state index in [0.29, 0.717) is 18.8 Å². The molecular weight excluding hydrogens is 376 g/mol. The highest BCUT2D eigenvalue weighted by atomic mass is 16.5. The summed E-state index contributed by atoms with van der Waals surface area (Å²) in [5.74, 6) is -2.33. The van der Waals surface area contributed by atoms with Crippen molar-refractivity contribution in [3.05, 3.63) is 0 Å². The summed E-state index contributed by atoms with van der Waals surface area (Å²) in [5, 5.41) is 21.9. The number of amides is 2. The third-order valence-corrected chi connectivity index (χ3v) is 4.96. The molecule has 2 amide bonds. The summed E-state index contributed by atoms with van der Waals surface area (Å²) in [6, 6.07) is -0.489. The van der Waals surface area contributed by atoms with Gasteiger partial charge in [0.25, 0.3) is 5.91 Å². The number of rotatable bonds is 13. The number of aliphatic hydroxyl groups excluding tert-OH is 1. The molecule has 0 aliphatic heterocycles. The van der Waals surface area contributed by atoms with Gasteiger partial charge in [-0.05, 0) is 17.8 Å². The molecule has 170 valence electrons. The van der Waals surface area contributed by atoms with Crippen LogP contribution in [0.15, 0.2) is 0 Å². The maximum atomic E-state index is 12.8. The van der Waals surface area contributed by atoms with Crippen LogP contribution in [-0.2, 0) is 19.1 Å². The Bertz CT molecular complexity index is 516. The number of aliphatic hydroxyl groups is 1. The Morgan fingerprint density at radius 3 is 1.97 bits per heavy atom. The SMILES string of the molecule is CC(=O)OC[C@@H](NC(=O)[C@H](CCCCCCC(C)C)[C@H](O)C(=O)NO)C(C)(C)C. The molecule has 0 unspecified atom stereocenters. The number of esters is 1. The summed E-state index contributed by atoms with van der Waals surface area (Å²) in [5.41, 5.74) is 1.00. The van der Waals surface area contributed by atoms with Gasteiger partial charge in [-0.15, -0.1) is 0 Å². The standard InChI is InChI=1S/C21H40N2O6/c1-14(2)11-9-7-8-10-12-16(18(25)20(27)23-28)19(26)22-17(21(4,5)6)13-29-15(3)24/h14,16-18,25,28H,7-13H2,1-6H3,(H,22,26)(H,23,27)/t16-,17-,18+/m1/s1. The average Bonchev–Trinajstić information content (AvgIpc) is 2.61. The zero-order valence-corrected chi connectivity index (χ0v) is 18.8. The lowest BCUT2D eigenvalue weighted by atomic mass is 9.86. The van der Waals surface area contributed by atoms with Gasteiger partial charge in [0.1, 0.15) is 12.7 Å².